The number of rotatable bonds is 2. The van der Waals surface area contributed by atoms with E-state index >= 15 is 0 Å². The monoisotopic (exact) mass is 286 g/mol. The standard InChI is InChI=1S/C7H6BrF3N2O2/c8-4-1-3(2-12)6(13-5(4)14)15-7(9,10)11/h1H,2,12H2,(H,13,14). The predicted octanol–water partition coefficient (Wildman–Crippen LogP) is 1.49. The second kappa shape index (κ2) is 4.23. The van der Waals surface area contributed by atoms with Gasteiger partial charge in [0.2, 0.25) is 5.88 Å². The van der Waals surface area contributed by atoms with Crippen molar-refractivity contribution in [1.29, 1.82) is 0 Å². The van der Waals surface area contributed by atoms with Crippen LogP contribution in [0.1, 0.15) is 5.56 Å². The van der Waals surface area contributed by atoms with Gasteiger partial charge < -0.3 is 10.5 Å². The Morgan fingerprint density at radius 2 is 2.13 bits per heavy atom. The lowest BCUT2D eigenvalue weighted by Crippen LogP contribution is -2.22. The van der Waals surface area contributed by atoms with Crippen LogP contribution in [0.25, 0.3) is 0 Å². The highest BCUT2D eigenvalue weighted by Crippen LogP contribution is 2.24. The molecule has 4 nitrogen and oxygen atoms in total. The number of hydrogen-bond acceptors (Lipinski definition) is 3. The van der Waals surface area contributed by atoms with Crippen LogP contribution in [-0.4, -0.2) is 11.3 Å². The Labute approximate surface area is 90.4 Å². The van der Waals surface area contributed by atoms with Crippen molar-refractivity contribution in [2.24, 2.45) is 5.73 Å². The molecule has 0 bridgehead atoms. The first-order valence-electron chi connectivity index (χ1n) is 3.71. The third-order valence-electron chi connectivity index (χ3n) is 1.47. The second-order valence-electron chi connectivity index (χ2n) is 2.55. The Morgan fingerprint density at radius 3 is 2.60 bits per heavy atom. The van der Waals surface area contributed by atoms with E-state index in [4.69, 9.17) is 5.73 Å². The summed E-state index contributed by atoms with van der Waals surface area (Å²) < 4.78 is 39.4. The topological polar surface area (TPSA) is 68.1 Å². The van der Waals surface area contributed by atoms with Crippen LogP contribution in [0.3, 0.4) is 0 Å². The lowest BCUT2D eigenvalue weighted by Gasteiger charge is -2.11. The van der Waals surface area contributed by atoms with Crippen LogP contribution < -0.4 is 16.0 Å². The molecule has 0 atom stereocenters. The van der Waals surface area contributed by atoms with Gasteiger partial charge in [-0.15, -0.1) is 13.2 Å². The molecule has 0 aliphatic carbocycles. The molecule has 0 fully saturated rings. The van der Waals surface area contributed by atoms with Gasteiger partial charge in [-0.1, -0.05) is 0 Å². The summed E-state index contributed by atoms with van der Waals surface area (Å²) in [4.78, 5) is 12.9. The van der Waals surface area contributed by atoms with Crippen LogP contribution in [0.5, 0.6) is 5.88 Å². The Balaban J connectivity index is 3.17. The van der Waals surface area contributed by atoms with Gasteiger partial charge >= 0.3 is 6.36 Å². The molecule has 0 aliphatic heterocycles. The zero-order valence-electron chi connectivity index (χ0n) is 7.19. The first-order valence-corrected chi connectivity index (χ1v) is 4.50. The van der Waals surface area contributed by atoms with Crippen LogP contribution in [0.4, 0.5) is 13.2 Å². The summed E-state index contributed by atoms with van der Waals surface area (Å²) in [7, 11) is 0. The molecule has 1 aromatic rings. The van der Waals surface area contributed by atoms with Crippen molar-refractivity contribution < 1.29 is 17.9 Å². The summed E-state index contributed by atoms with van der Waals surface area (Å²) >= 11 is 2.86. The number of nitrogens with one attached hydrogen (secondary N) is 1. The van der Waals surface area contributed by atoms with E-state index in [2.05, 4.69) is 20.7 Å². The number of hydrogen-bond donors (Lipinski definition) is 2. The highest BCUT2D eigenvalue weighted by atomic mass is 79.9. The molecule has 84 valence electrons. The number of pyridine rings is 1. The van der Waals surface area contributed by atoms with E-state index in [0.29, 0.717) is 0 Å². The lowest BCUT2D eigenvalue weighted by molar-refractivity contribution is -0.276. The van der Waals surface area contributed by atoms with Crippen LogP contribution in [-0.2, 0) is 6.54 Å². The number of aromatic amines is 1. The van der Waals surface area contributed by atoms with E-state index in [1.807, 2.05) is 4.98 Å². The van der Waals surface area contributed by atoms with Crippen molar-refractivity contribution in [1.82, 2.24) is 4.98 Å². The fourth-order valence-electron chi connectivity index (χ4n) is 0.886. The molecule has 0 saturated carbocycles. The molecule has 15 heavy (non-hydrogen) atoms. The highest BCUT2D eigenvalue weighted by molar-refractivity contribution is 9.10. The van der Waals surface area contributed by atoms with Gasteiger partial charge in [-0.2, -0.15) is 0 Å². The van der Waals surface area contributed by atoms with Gasteiger partial charge in [0, 0.05) is 12.1 Å². The summed E-state index contributed by atoms with van der Waals surface area (Å²) in [6.45, 7) is -0.180. The van der Waals surface area contributed by atoms with E-state index in [-0.39, 0.29) is 16.6 Å². The van der Waals surface area contributed by atoms with Crippen LogP contribution >= 0.6 is 15.9 Å². The maximum Gasteiger partial charge on any atom is 0.574 e. The molecule has 0 saturated heterocycles. The third-order valence-corrected chi connectivity index (χ3v) is 2.06. The normalized spacial score (nSPS) is 11.5. The fourth-order valence-corrected chi connectivity index (χ4v) is 1.26. The summed E-state index contributed by atoms with van der Waals surface area (Å²) in [5.41, 5.74) is 4.54. The first kappa shape index (κ1) is 12.1. The predicted molar refractivity (Wildman–Crippen MR) is 49.3 cm³/mol. The number of H-pyrrole nitrogens is 1. The number of ether oxygens (including phenoxy) is 1. The number of aromatic nitrogens is 1. The average molecular weight is 287 g/mol. The van der Waals surface area contributed by atoms with E-state index in [1.54, 1.807) is 0 Å². The zero-order valence-corrected chi connectivity index (χ0v) is 8.78. The van der Waals surface area contributed by atoms with Crippen molar-refractivity contribution in [3.05, 3.63) is 26.5 Å². The van der Waals surface area contributed by atoms with E-state index in [0.717, 1.165) is 0 Å². The van der Waals surface area contributed by atoms with Gasteiger partial charge in [0.15, 0.2) is 0 Å². The maximum atomic E-state index is 11.9. The largest absolute Gasteiger partial charge is 0.574 e. The minimum Gasteiger partial charge on any atom is -0.389 e. The minimum absolute atomic E-state index is 0.0544. The van der Waals surface area contributed by atoms with Crippen molar-refractivity contribution in [3.63, 3.8) is 0 Å². The Bertz CT molecular complexity index is 416. The SMILES string of the molecule is NCc1cc(Br)c(=O)[nH]c1OC(F)(F)F. The van der Waals surface area contributed by atoms with Gasteiger partial charge in [0.1, 0.15) is 0 Å². The van der Waals surface area contributed by atoms with Gasteiger partial charge in [-0.3, -0.25) is 9.78 Å². The molecule has 8 heteroatoms. The van der Waals surface area contributed by atoms with Crippen molar-refractivity contribution in [2.45, 2.75) is 12.9 Å². The smallest absolute Gasteiger partial charge is 0.389 e. The molecule has 0 radical (unpaired) electrons. The Kier molecular flexibility index (Phi) is 3.40. The van der Waals surface area contributed by atoms with Crippen molar-refractivity contribution in [3.8, 4) is 5.88 Å². The molecule has 0 aromatic carbocycles. The number of halogens is 4. The first-order chi connectivity index (χ1) is 6.83. The Hall–Kier alpha value is -1.02. The fraction of sp³-hybridized carbons (Fsp3) is 0.286. The number of alkyl halides is 3. The van der Waals surface area contributed by atoms with Gasteiger partial charge in [0.05, 0.1) is 4.47 Å². The molecule has 0 unspecified atom stereocenters. The van der Waals surface area contributed by atoms with Gasteiger partial charge in [-0.05, 0) is 22.0 Å². The molecular weight excluding hydrogens is 281 g/mol. The molecule has 1 aromatic heterocycles. The van der Waals surface area contributed by atoms with Crippen LogP contribution in [0.15, 0.2) is 15.3 Å². The van der Waals surface area contributed by atoms with Gasteiger partial charge in [-0.25, -0.2) is 0 Å². The zero-order chi connectivity index (χ0) is 11.6. The minimum atomic E-state index is -4.86. The molecule has 3 N–H and O–H groups in total. The molecular formula is C7H6BrF3N2O2. The van der Waals surface area contributed by atoms with E-state index < -0.39 is 17.8 Å². The molecule has 0 spiro atoms. The molecule has 1 heterocycles. The highest BCUT2D eigenvalue weighted by Gasteiger charge is 2.32. The molecule has 1 rings (SSSR count). The van der Waals surface area contributed by atoms with Crippen molar-refractivity contribution in [2.75, 3.05) is 0 Å². The Morgan fingerprint density at radius 1 is 1.53 bits per heavy atom. The summed E-state index contributed by atoms with van der Waals surface area (Å²) in [6.07, 6.45) is -4.86. The summed E-state index contributed by atoms with van der Waals surface area (Å²) in [5.74, 6) is -0.682. The molecule has 0 aliphatic rings. The summed E-state index contributed by atoms with van der Waals surface area (Å²) in [6, 6.07) is 1.18. The van der Waals surface area contributed by atoms with E-state index in [9.17, 15) is 18.0 Å². The molecule has 0 amide bonds. The van der Waals surface area contributed by atoms with Crippen LogP contribution in [0.2, 0.25) is 0 Å². The number of nitrogens with two attached hydrogens (primary N) is 1. The quantitative estimate of drug-likeness (QED) is 0.866. The maximum absolute atomic E-state index is 11.9. The van der Waals surface area contributed by atoms with Gasteiger partial charge in [0.25, 0.3) is 5.56 Å². The van der Waals surface area contributed by atoms with Crippen molar-refractivity contribution >= 4 is 15.9 Å². The average Bonchev–Trinajstić information content (AvgIpc) is 2.08. The summed E-state index contributed by atoms with van der Waals surface area (Å²) in [5, 5.41) is 0. The third kappa shape index (κ3) is 3.24. The lowest BCUT2D eigenvalue weighted by atomic mass is 10.3. The van der Waals surface area contributed by atoms with E-state index in [1.165, 1.54) is 6.07 Å². The van der Waals surface area contributed by atoms with Crippen LogP contribution in [0, 0.1) is 0 Å². The second-order valence-corrected chi connectivity index (χ2v) is 3.41.